The molecule has 238 valence electrons. The van der Waals surface area contributed by atoms with Crippen molar-refractivity contribution in [2.45, 2.75) is 0 Å². The second kappa shape index (κ2) is 11.9. The first kappa shape index (κ1) is 29.0. The molecule has 0 aliphatic heterocycles. The zero-order valence-corrected chi connectivity index (χ0v) is 27.5. The smallest absolute Gasteiger partial charge is 0.164 e. The summed E-state index contributed by atoms with van der Waals surface area (Å²) >= 11 is 0. The highest BCUT2D eigenvalue weighted by Gasteiger charge is 2.20. The van der Waals surface area contributed by atoms with E-state index in [4.69, 9.17) is 19.4 Å². The van der Waals surface area contributed by atoms with Gasteiger partial charge in [-0.15, -0.1) is 0 Å². The lowest BCUT2D eigenvalue weighted by atomic mass is 9.91. The Bertz CT molecular complexity index is 2850. The molecule has 2 aromatic heterocycles. The summed E-state index contributed by atoms with van der Waals surface area (Å²) in [7, 11) is 0. The van der Waals surface area contributed by atoms with Crippen molar-refractivity contribution in [3.05, 3.63) is 176 Å². The molecule has 0 saturated heterocycles. The molecule has 0 aliphatic rings. The topological polar surface area (TPSA) is 51.8 Å². The van der Waals surface area contributed by atoms with E-state index in [9.17, 15) is 0 Å². The molecule has 51 heavy (non-hydrogen) atoms. The van der Waals surface area contributed by atoms with Gasteiger partial charge < -0.3 is 4.42 Å². The van der Waals surface area contributed by atoms with Crippen LogP contribution in [0, 0.1) is 0 Å². The summed E-state index contributed by atoms with van der Waals surface area (Å²) in [6, 6.07) is 60.9. The van der Waals surface area contributed by atoms with Crippen LogP contribution in [0.1, 0.15) is 0 Å². The summed E-state index contributed by atoms with van der Waals surface area (Å²) in [5.41, 5.74) is 9.09. The number of fused-ring (bicyclic) bond motifs is 5. The molecular weight excluding hydrogens is 623 g/mol. The van der Waals surface area contributed by atoms with Gasteiger partial charge in [0, 0.05) is 33.0 Å². The molecule has 0 fully saturated rings. The Kier molecular flexibility index (Phi) is 6.78. The number of para-hydroxylation sites is 1. The van der Waals surface area contributed by atoms with Crippen LogP contribution in [0.15, 0.2) is 180 Å². The van der Waals surface area contributed by atoms with Crippen LogP contribution in [-0.4, -0.2) is 15.0 Å². The van der Waals surface area contributed by atoms with Gasteiger partial charge in [-0.05, 0) is 50.4 Å². The van der Waals surface area contributed by atoms with E-state index >= 15 is 0 Å². The van der Waals surface area contributed by atoms with E-state index in [0.717, 1.165) is 71.7 Å². The summed E-state index contributed by atoms with van der Waals surface area (Å²) in [5, 5.41) is 6.80. The van der Waals surface area contributed by atoms with Crippen molar-refractivity contribution in [2.24, 2.45) is 0 Å². The summed E-state index contributed by atoms with van der Waals surface area (Å²) in [5.74, 6) is 1.92. The third-order valence-corrected chi connectivity index (χ3v) is 9.76. The first-order valence-electron chi connectivity index (χ1n) is 17.1. The zero-order chi connectivity index (χ0) is 33.7. The minimum Gasteiger partial charge on any atom is -0.455 e. The third kappa shape index (κ3) is 4.88. The monoisotopic (exact) mass is 651 g/mol. The van der Waals surface area contributed by atoms with Crippen LogP contribution >= 0.6 is 0 Å². The van der Waals surface area contributed by atoms with Gasteiger partial charge in [-0.2, -0.15) is 0 Å². The van der Waals surface area contributed by atoms with E-state index in [1.165, 1.54) is 10.8 Å². The molecule has 0 N–H and O–H groups in total. The van der Waals surface area contributed by atoms with Gasteiger partial charge in [0.1, 0.15) is 11.2 Å². The minimum absolute atomic E-state index is 0.636. The maximum absolute atomic E-state index is 6.74. The predicted molar refractivity (Wildman–Crippen MR) is 209 cm³/mol. The molecule has 0 radical (unpaired) electrons. The highest BCUT2D eigenvalue weighted by Crippen LogP contribution is 2.44. The van der Waals surface area contributed by atoms with Crippen molar-refractivity contribution in [3.8, 4) is 56.4 Å². The molecular formula is C47H29N3O. The number of aromatic nitrogens is 3. The largest absolute Gasteiger partial charge is 0.455 e. The van der Waals surface area contributed by atoms with Crippen molar-refractivity contribution in [3.63, 3.8) is 0 Å². The van der Waals surface area contributed by atoms with Crippen LogP contribution in [0.3, 0.4) is 0 Å². The van der Waals surface area contributed by atoms with E-state index in [0.29, 0.717) is 17.5 Å². The van der Waals surface area contributed by atoms with Crippen LogP contribution in [-0.2, 0) is 0 Å². The molecule has 0 aliphatic carbocycles. The minimum atomic E-state index is 0.636. The van der Waals surface area contributed by atoms with Gasteiger partial charge in [0.25, 0.3) is 0 Å². The number of hydrogen-bond donors (Lipinski definition) is 0. The Balaban J connectivity index is 1.18. The average molecular weight is 652 g/mol. The van der Waals surface area contributed by atoms with Crippen LogP contribution in [0.4, 0.5) is 0 Å². The van der Waals surface area contributed by atoms with E-state index in [-0.39, 0.29) is 0 Å². The van der Waals surface area contributed by atoms with Crippen LogP contribution in [0.2, 0.25) is 0 Å². The Hall–Kier alpha value is -6.91. The lowest BCUT2D eigenvalue weighted by Crippen LogP contribution is -2.00. The Labute approximate surface area is 294 Å². The summed E-state index contributed by atoms with van der Waals surface area (Å²) in [6.07, 6.45) is 0. The fraction of sp³-hybridized carbons (Fsp3) is 0. The molecule has 0 atom stereocenters. The maximum Gasteiger partial charge on any atom is 0.164 e. The lowest BCUT2D eigenvalue weighted by molar-refractivity contribution is 0.670. The second-order valence-corrected chi connectivity index (χ2v) is 12.7. The van der Waals surface area contributed by atoms with Crippen molar-refractivity contribution < 1.29 is 4.42 Å². The van der Waals surface area contributed by atoms with Crippen molar-refractivity contribution in [1.29, 1.82) is 0 Å². The quantitative estimate of drug-likeness (QED) is 0.186. The SMILES string of the molecule is c1ccc(-c2nc(-c3ccccc3)nc(-c3ccc(-c4cccc5oc6c(-c7cccc8ccccc78)cccc6c45)c4ccccc34)n2)cc1. The van der Waals surface area contributed by atoms with Gasteiger partial charge in [-0.3, -0.25) is 0 Å². The number of nitrogens with zero attached hydrogens (tertiary/aromatic N) is 3. The van der Waals surface area contributed by atoms with Gasteiger partial charge in [0.15, 0.2) is 17.5 Å². The van der Waals surface area contributed by atoms with E-state index in [1.54, 1.807) is 0 Å². The normalized spacial score (nSPS) is 11.5. The number of benzene rings is 8. The highest BCUT2D eigenvalue weighted by molar-refractivity contribution is 6.19. The van der Waals surface area contributed by atoms with Gasteiger partial charge in [-0.1, -0.05) is 164 Å². The van der Waals surface area contributed by atoms with Gasteiger partial charge in [0.05, 0.1) is 0 Å². The number of furan rings is 1. The first-order chi connectivity index (χ1) is 25.3. The fourth-order valence-corrected chi connectivity index (χ4v) is 7.40. The van der Waals surface area contributed by atoms with Crippen molar-refractivity contribution in [1.82, 2.24) is 15.0 Å². The molecule has 4 heteroatoms. The van der Waals surface area contributed by atoms with E-state index in [1.807, 2.05) is 60.7 Å². The Morgan fingerprint density at radius 2 is 0.804 bits per heavy atom. The standard InChI is InChI=1S/C47H29N3O/c1-3-15-31(16-4-1)45-48-46(32-17-5-2-6-18-32)50-47(49-45)40-29-28-37(35-21-9-10-22-36(35)40)38-24-13-27-42-43(38)41-26-12-25-39(44(41)51-42)34-23-11-19-30-14-7-8-20-33(30)34/h1-29H. The Morgan fingerprint density at radius 3 is 1.55 bits per heavy atom. The van der Waals surface area contributed by atoms with E-state index < -0.39 is 0 Å². The molecule has 2 heterocycles. The summed E-state index contributed by atoms with van der Waals surface area (Å²) < 4.78 is 6.74. The molecule has 8 aromatic carbocycles. The van der Waals surface area contributed by atoms with E-state index in [2.05, 4.69) is 115 Å². The van der Waals surface area contributed by atoms with Gasteiger partial charge in [-0.25, -0.2) is 15.0 Å². The first-order valence-corrected chi connectivity index (χ1v) is 17.1. The maximum atomic E-state index is 6.74. The average Bonchev–Trinajstić information content (AvgIpc) is 3.60. The van der Waals surface area contributed by atoms with Crippen LogP contribution in [0.25, 0.3) is 99.9 Å². The molecule has 0 bridgehead atoms. The molecule has 4 nitrogen and oxygen atoms in total. The van der Waals surface area contributed by atoms with Crippen LogP contribution < -0.4 is 0 Å². The molecule has 10 rings (SSSR count). The predicted octanol–water partition coefficient (Wildman–Crippen LogP) is 12.4. The second-order valence-electron chi connectivity index (χ2n) is 12.7. The lowest BCUT2D eigenvalue weighted by Gasteiger charge is -2.13. The summed E-state index contributed by atoms with van der Waals surface area (Å²) in [4.78, 5) is 15.0. The van der Waals surface area contributed by atoms with Gasteiger partial charge in [0.2, 0.25) is 0 Å². The molecule has 0 saturated carbocycles. The number of hydrogen-bond acceptors (Lipinski definition) is 4. The van der Waals surface area contributed by atoms with Crippen molar-refractivity contribution >= 4 is 43.5 Å². The molecule has 0 spiro atoms. The van der Waals surface area contributed by atoms with Crippen molar-refractivity contribution in [2.75, 3.05) is 0 Å². The fourth-order valence-electron chi connectivity index (χ4n) is 7.40. The molecule has 0 unspecified atom stereocenters. The molecule has 10 aromatic rings. The highest BCUT2D eigenvalue weighted by atomic mass is 16.3. The number of rotatable bonds is 5. The Morgan fingerprint density at radius 1 is 0.314 bits per heavy atom. The zero-order valence-electron chi connectivity index (χ0n) is 27.5. The van der Waals surface area contributed by atoms with Gasteiger partial charge >= 0.3 is 0 Å². The third-order valence-electron chi connectivity index (χ3n) is 9.76. The summed E-state index contributed by atoms with van der Waals surface area (Å²) in [6.45, 7) is 0. The van der Waals surface area contributed by atoms with Crippen LogP contribution in [0.5, 0.6) is 0 Å². The molecule has 0 amide bonds.